The molecule has 0 aliphatic carbocycles. The molecule has 0 aromatic heterocycles. The van der Waals surface area contributed by atoms with Crippen LogP contribution < -0.4 is 0 Å². The van der Waals surface area contributed by atoms with Crippen LogP contribution in [0.1, 0.15) is 55.0 Å². The first kappa shape index (κ1) is 27.8. The molecular formula is C29H31F6N. The van der Waals surface area contributed by atoms with Gasteiger partial charge in [0.25, 0.3) is 0 Å². The first-order valence-electron chi connectivity index (χ1n) is 12.0. The smallest absolute Gasteiger partial charge is 0.295 e. The van der Waals surface area contributed by atoms with Gasteiger partial charge in [-0.25, -0.2) is 0 Å². The first-order valence-corrected chi connectivity index (χ1v) is 12.0. The van der Waals surface area contributed by atoms with Gasteiger partial charge in [-0.05, 0) is 83.5 Å². The van der Waals surface area contributed by atoms with E-state index >= 15 is 0 Å². The summed E-state index contributed by atoms with van der Waals surface area (Å²) < 4.78 is 77.8. The molecule has 0 atom stereocenters. The third kappa shape index (κ3) is 7.85. The maximum absolute atomic E-state index is 13.0. The molecule has 1 nitrogen and oxygen atoms in total. The number of rotatable bonds is 9. The summed E-state index contributed by atoms with van der Waals surface area (Å²) in [6.07, 6.45) is -7.05. The zero-order valence-electron chi connectivity index (χ0n) is 20.7. The summed E-state index contributed by atoms with van der Waals surface area (Å²) in [5.74, 6) is 0.463. The van der Waals surface area contributed by atoms with Gasteiger partial charge in [-0.1, -0.05) is 57.2 Å². The van der Waals surface area contributed by atoms with Crippen LogP contribution in [-0.2, 0) is 31.9 Å². The van der Waals surface area contributed by atoms with E-state index in [0.29, 0.717) is 24.6 Å². The van der Waals surface area contributed by atoms with Gasteiger partial charge in [-0.2, -0.15) is 26.3 Å². The lowest BCUT2D eigenvalue weighted by atomic mass is 9.97. The van der Waals surface area contributed by atoms with Crippen molar-refractivity contribution in [3.63, 3.8) is 0 Å². The van der Waals surface area contributed by atoms with Crippen molar-refractivity contribution in [1.29, 1.82) is 0 Å². The lowest BCUT2D eigenvalue weighted by Gasteiger charge is -2.24. The van der Waals surface area contributed by atoms with Crippen LogP contribution in [0.5, 0.6) is 0 Å². The topological polar surface area (TPSA) is 3.24 Å². The number of halogens is 6. The second-order valence-electron chi connectivity index (χ2n) is 9.55. The van der Waals surface area contributed by atoms with Crippen molar-refractivity contribution in [2.24, 2.45) is 5.92 Å². The van der Waals surface area contributed by atoms with E-state index in [1.54, 1.807) is 0 Å². The summed E-state index contributed by atoms with van der Waals surface area (Å²) in [5.41, 5.74) is 3.07. The van der Waals surface area contributed by atoms with Gasteiger partial charge in [0.05, 0.1) is 11.1 Å². The van der Waals surface area contributed by atoms with Gasteiger partial charge < -0.3 is 0 Å². The van der Waals surface area contributed by atoms with E-state index in [1.165, 1.54) is 24.3 Å². The fraction of sp³-hybridized carbons (Fsp3) is 0.379. The Morgan fingerprint density at radius 2 is 1.14 bits per heavy atom. The maximum atomic E-state index is 13.0. The maximum Gasteiger partial charge on any atom is 0.416 e. The van der Waals surface area contributed by atoms with E-state index in [-0.39, 0.29) is 0 Å². The summed E-state index contributed by atoms with van der Waals surface area (Å²) in [6.45, 7) is 8.11. The Hall–Kier alpha value is -2.80. The molecule has 36 heavy (non-hydrogen) atoms. The monoisotopic (exact) mass is 507 g/mol. The molecule has 3 aromatic carbocycles. The molecule has 0 saturated carbocycles. The first-order chi connectivity index (χ1) is 16.8. The molecule has 0 fully saturated rings. The quantitative estimate of drug-likeness (QED) is 0.261. The fourth-order valence-electron chi connectivity index (χ4n) is 4.05. The second-order valence-corrected chi connectivity index (χ2v) is 9.55. The zero-order valence-corrected chi connectivity index (χ0v) is 20.7. The lowest BCUT2D eigenvalue weighted by Crippen LogP contribution is -2.25. The Labute approximate surface area is 208 Å². The Kier molecular flexibility index (Phi) is 8.88. The minimum absolute atomic E-state index is 0.463. The molecular weight excluding hydrogens is 476 g/mol. The van der Waals surface area contributed by atoms with E-state index in [1.807, 2.05) is 19.1 Å². The van der Waals surface area contributed by atoms with Crippen LogP contribution >= 0.6 is 0 Å². The van der Waals surface area contributed by atoms with Crippen LogP contribution in [0, 0.1) is 5.92 Å². The third-order valence-corrected chi connectivity index (χ3v) is 6.12. The van der Waals surface area contributed by atoms with Crippen molar-refractivity contribution in [1.82, 2.24) is 4.90 Å². The van der Waals surface area contributed by atoms with Gasteiger partial charge >= 0.3 is 12.4 Å². The summed E-state index contributed by atoms with van der Waals surface area (Å²) in [7, 11) is 0. The molecule has 0 heterocycles. The Bertz CT molecular complexity index is 1110. The van der Waals surface area contributed by atoms with E-state index in [0.717, 1.165) is 65.9 Å². The number of nitrogens with zero attached hydrogens (tertiary/aromatic N) is 1. The third-order valence-electron chi connectivity index (χ3n) is 6.12. The molecule has 0 N–H and O–H groups in total. The van der Waals surface area contributed by atoms with Gasteiger partial charge in [-0.3, -0.25) is 4.90 Å². The van der Waals surface area contributed by atoms with E-state index in [9.17, 15) is 26.3 Å². The molecule has 0 radical (unpaired) electrons. The minimum atomic E-state index is -4.38. The fourth-order valence-corrected chi connectivity index (χ4v) is 4.05. The summed E-state index contributed by atoms with van der Waals surface area (Å²) in [4.78, 5) is 2.20. The Morgan fingerprint density at radius 1 is 0.639 bits per heavy atom. The van der Waals surface area contributed by atoms with Crippen LogP contribution in [0.25, 0.3) is 11.1 Å². The van der Waals surface area contributed by atoms with Crippen LogP contribution in [0.2, 0.25) is 0 Å². The van der Waals surface area contributed by atoms with Crippen molar-refractivity contribution < 1.29 is 26.3 Å². The highest BCUT2D eigenvalue weighted by molar-refractivity contribution is 5.65. The Balaban J connectivity index is 1.86. The molecule has 194 valence electrons. The van der Waals surface area contributed by atoms with Crippen molar-refractivity contribution in [3.8, 4) is 11.1 Å². The number of benzene rings is 3. The SMILES string of the molecule is CCc1cc(CN(CCC(C)C)Cc2ccc(C(F)(F)F)cc2)cc(-c2ccc(C(F)(F)F)cc2)c1. The van der Waals surface area contributed by atoms with Crippen molar-refractivity contribution in [3.05, 3.63) is 94.5 Å². The Morgan fingerprint density at radius 3 is 1.64 bits per heavy atom. The molecule has 0 saturated heterocycles. The lowest BCUT2D eigenvalue weighted by molar-refractivity contribution is -0.138. The van der Waals surface area contributed by atoms with Gasteiger partial charge in [-0.15, -0.1) is 0 Å². The predicted molar refractivity (Wildman–Crippen MR) is 131 cm³/mol. The molecule has 0 aliphatic rings. The number of hydrogen-bond acceptors (Lipinski definition) is 1. The van der Waals surface area contributed by atoms with Gasteiger partial charge in [0.2, 0.25) is 0 Å². The van der Waals surface area contributed by atoms with Crippen molar-refractivity contribution >= 4 is 0 Å². The van der Waals surface area contributed by atoms with Gasteiger partial charge in [0.15, 0.2) is 0 Å². The highest BCUT2D eigenvalue weighted by Crippen LogP contribution is 2.32. The average Bonchev–Trinajstić information content (AvgIpc) is 2.81. The van der Waals surface area contributed by atoms with Crippen LogP contribution in [0.3, 0.4) is 0 Å². The molecule has 0 aliphatic heterocycles. The highest BCUT2D eigenvalue weighted by atomic mass is 19.4. The average molecular weight is 508 g/mol. The van der Waals surface area contributed by atoms with Crippen LogP contribution in [0.4, 0.5) is 26.3 Å². The zero-order chi connectivity index (χ0) is 26.5. The van der Waals surface area contributed by atoms with E-state index < -0.39 is 23.5 Å². The number of hydrogen-bond donors (Lipinski definition) is 0. The minimum Gasteiger partial charge on any atom is -0.295 e. The summed E-state index contributed by atoms with van der Waals surface area (Å²) in [6, 6.07) is 16.5. The molecule has 3 rings (SSSR count). The van der Waals surface area contributed by atoms with E-state index in [2.05, 4.69) is 24.8 Å². The largest absolute Gasteiger partial charge is 0.416 e. The second kappa shape index (κ2) is 11.5. The molecule has 7 heteroatoms. The highest BCUT2D eigenvalue weighted by Gasteiger charge is 2.30. The molecule has 0 unspecified atom stereocenters. The molecule has 0 bridgehead atoms. The standard InChI is InChI=1S/C29H31F6N/c1-4-21-15-23(17-25(16-21)24-7-11-27(12-8-24)29(33,34)35)19-36(14-13-20(2)3)18-22-5-9-26(10-6-22)28(30,31)32/h5-12,15-17,20H,4,13-14,18-19H2,1-3H3. The molecule has 0 spiro atoms. The van der Waals surface area contributed by atoms with E-state index in [4.69, 9.17) is 0 Å². The molecule has 3 aromatic rings. The summed E-state index contributed by atoms with van der Waals surface area (Å²) in [5, 5.41) is 0. The van der Waals surface area contributed by atoms with Gasteiger partial charge in [0, 0.05) is 13.1 Å². The van der Waals surface area contributed by atoms with Crippen LogP contribution in [0.15, 0.2) is 66.7 Å². The van der Waals surface area contributed by atoms with Crippen molar-refractivity contribution in [2.45, 2.75) is 59.1 Å². The normalized spacial score (nSPS) is 12.5. The predicted octanol–water partition coefficient (Wildman–Crippen LogP) is 9.00. The summed E-state index contributed by atoms with van der Waals surface area (Å²) >= 11 is 0. The number of aryl methyl sites for hydroxylation is 1. The van der Waals surface area contributed by atoms with Crippen molar-refractivity contribution in [2.75, 3.05) is 6.54 Å². The van der Waals surface area contributed by atoms with Gasteiger partial charge in [0.1, 0.15) is 0 Å². The number of alkyl halides is 6. The van der Waals surface area contributed by atoms with Crippen LogP contribution in [-0.4, -0.2) is 11.4 Å². The molecule has 0 amide bonds.